The summed E-state index contributed by atoms with van der Waals surface area (Å²) in [5.74, 6) is 1.77. The Bertz CT molecular complexity index is 494. The molecule has 0 aliphatic heterocycles. The third kappa shape index (κ3) is 2.49. The molecule has 0 atom stereocenters. The predicted molar refractivity (Wildman–Crippen MR) is 69.0 cm³/mol. The van der Waals surface area contributed by atoms with Gasteiger partial charge < -0.3 is 5.32 Å². The fourth-order valence-corrected chi connectivity index (χ4v) is 2.03. The van der Waals surface area contributed by atoms with Crippen molar-refractivity contribution in [2.45, 2.75) is 25.3 Å². The Morgan fingerprint density at radius 3 is 2.59 bits per heavy atom. The van der Waals surface area contributed by atoms with E-state index in [4.69, 9.17) is 0 Å². The van der Waals surface area contributed by atoms with E-state index in [0.717, 1.165) is 18.3 Å². The minimum absolute atomic E-state index is 0.835. The highest BCUT2D eigenvalue weighted by molar-refractivity contribution is 5.35. The monoisotopic (exact) mass is 227 g/mol. The molecule has 88 valence electrons. The minimum atomic E-state index is 0.835. The smallest absolute Gasteiger partial charge is 0.148 e. The number of nitrogens with zero attached hydrogens (tertiary/aromatic N) is 2. The summed E-state index contributed by atoms with van der Waals surface area (Å²) in [6.07, 6.45) is 4.68. The number of hydrogen-bond donors (Lipinski definition) is 1. The van der Waals surface area contributed by atoms with E-state index in [1.807, 2.05) is 19.3 Å². The maximum absolute atomic E-state index is 4.29. The van der Waals surface area contributed by atoms with Crippen LogP contribution < -0.4 is 5.32 Å². The van der Waals surface area contributed by atoms with E-state index in [0.29, 0.717) is 0 Å². The van der Waals surface area contributed by atoms with E-state index in [-0.39, 0.29) is 0 Å². The summed E-state index contributed by atoms with van der Waals surface area (Å²) in [7, 11) is 1.93. The summed E-state index contributed by atoms with van der Waals surface area (Å²) in [5.41, 5.74) is 2.80. The molecule has 1 aliphatic rings. The zero-order valence-corrected chi connectivity index (χ0v) is 10.1. The van der Waals surface area contributed by atoms with Gasteiger partial charge in [-0.1, -0.05) is 24.3 Å². The van der Waals surface area contributed by atoms with Gasteiger partial charge in [-0.25, -0.2) is 0 Å². The summed E-state index contributed by atoms with van der Waals surface area (Å²) in [6, 6.07) is 10.9. The largest absolute Gasteiger partial charge is 0.365 e. The van der Waals surface area contributed by atoms with Gasteiger partial charge in [0.1, 0.15) is 5.82 Å². The van der Waals surface area contributed by atoms with Gasteiger partial charge in [-0.3, -0.25) is 4.68 Å². The Kier molecular flexibility index (Phi) is 2.59. The molecule has 3 nitrogen and oxygen atoms in total. The van der Waals surface area contributed by atoms with Crippen LogP contribution in [0.3, 0.4) is 0 Å². The van der Waals surface area contributed by atoms with Gasteiger partial charge in [0.2, 0.25) is 0 Å². The minimum Gasteiger partial charge on any atom is -0.365 e. The van der Waals surface area contributed by atoms with Crippen molar-refractivity contribution < 1.29 is 0 Å². The van der Waals surface area contributed by atoms with E-state index >= 15 is 0 Å². The van der Waals surface area contributed by atoms with Gasteiger partial charge >= 0.3 is 0 Å². The predicted octanol–water partition coefficient (Wildman–Crippen LogP) is 2.91. The zero-order valence-electron chi connectivity index (χ0n) is 10.1. The molecule has 1 fully saturated rings. The first-order valence-electron chi connectivity index (χ1n) is 6.13. The number of rotatable bonds is 4. The normalized spacial score (nSPS) is 14.9. The third-order valence-electron chi connectivity index (χ3n) is 3.22. The highest BCUT2D eigenvalue weighted by Gasteiger charge is 2.22. The molecule has 1 aromatic heterocycles. The number of nitrogens with one attached hydrogen (secondary N) is 1. The second-order valence-corrected chi connectivity index (χ2v) is 4.74. The van der Waals surface area contributed by atoms with Crippen LogP contribution in [0.15, 0.2) is 36.5 Å². The number of aryl methyl sites for hydroxylation is 1. The number of hydrogen-bond acceptors (Lipinski definition) is 2. The van der Waals surface area contributed by atoms with Gasteiger partial charge in [-0.05, 0) is 29.9 Å². The van der Waals surface area contributed by atoms with Gasteiger partial charge in [0.25, 0.3) is 0 Å². The lowest BCUT2D eigenvalue weighted by atomic mass is 10.1. The van der Waals surface area contributed by atoms with E-state index in [2.05, 4.69) is 34.7 Å². The third-order valence-corrected chi connectivity index (χ3v) is 3.22. The van der Waals surface area contributed by atoms with E-state index in [1.54, 1.807) is 4.68 Å². The summed E-state index contributed by atoms with van der Waals surface area (Å²) >= 11 is 0. The summed E-state index contributed by atoms with van der Waals surface area (Å²) < 4.78 is 1.80. The van der Waals surface area contributed by atoms with Crippen LogP contribution in [-0.4, -0.2) is 9.78 Å². The van der Waals surface area contributed by atoms with E-state index in [1.165, 1.54) is 24.0 Å². The molecule has 0 bridgehead atoms. The first-order valence-corrected chi connectivity index (χ1v) is 6.13. The van der Waals surface area contributed by atoms with Crippen molar-refractivity contribution in [3.8, 4) is 0 Å². The molecule has 0 unspecified atom stereocenters. The van der Waals surface area contributed by atoms with Crippen molar-refractivity contribution in [2.75, 3.05) is 5.32 Å². The lowest BCUT2D eigenvalue weighted by Crippen LogP contribution is -2.00. The molecule has 0 radical (unpaired) electrons. The van der Waals surface area contributed by atoms with Crippen LogP contribution in [0.4, 0.5) is 5.82 Å². The van der Waals surface area contributed by atoms with E-state index < -0.39 is 0 Å². The molecule has 1 N–H and O–H groups in total. The molecular weight excluding hydrogens is 210 g/mol. The van der Waals surface area contributed by atoms with Crippen LogP contribution in [0.5, 0.6) is 0 Å². The van der Waals surface area contributed by atoms with E-state index in [9.17, 15) is 0 Å². The second-order valence-electron chi connectivity index (χ2n) is 4.74. The Hall–Kier alpha value is -1.77. The molecule has 3 rings (SSSR count). The van der Waals surface area contributed by atoms with Gasteiger partial charge in [0, 0.05) is 25.9 Å². The van der Waals surface area contributed by atoms with Crippen molar-refractivity contribution in [2.24, 2.45) is 7.05 Å². The molecule has 1 aromatic carbocycles. The number of benzene rings is 1. The first-order chi connectivity index (χ1) is 8.31. The Morgan fingerprint density at radius 2 is 2.00 bits per heavy atom. The molecule has 1 heterocycles. The maximum Gasteiger partial charge on any atom is 0.148 e. The van der Waals surface area contributed by atoms with Gasteiger partial charge in [-0.15, -0.1) is 0 Å². The van der Waals surface area contributed by atoms with Crippen molar-refractivity contribution >= 4 is 5.82 Å². The lowest BCUT2D eigenvalue weighted by molar-refractivity contribution is 0.768. The van der Waals surface area contributed by atoms with Gasteiger partial charge in [0.05, 0.1) is 0 Å². The fraction of sp³-hybridized carbons (Fsp3) is 0.357. The highest BCUT2D eigenvalue weighted by atomic mass is 15.3. The van der Waals surface area contributed by atoms with Crippen LogP contribution in [0, 0.1) is 0 Å². The summed E-state index contributed by atoms with van der Waals surface area (Å²) in [5, 5.41) is 7.60. The maximum atomic E-state index is 4.29. The summed E-state index contributed by atoms with van der Waals surface area (Å²) in [4.78, 5) is 0. The lowest BCUT2D eigenvalue weighted by Gasteiger charge is -2.04. The average molecular weight is 227 g/mol. The quantitative estimate of drug-likeness (QED) is 0.870. The van der Waals surface area contributed by atoms with Crippen molar-refractivity contribution in [3.63, 3.8) is 0 Å². The molecule has 17 heavy (non-hydrogen) atoms. The van der Waals surface area contributed by atoms with Gasteiger partial charge in [-0.2, -0.15) is 5.10 Å². The highest BCUT2D eigenvalue weighted by Crippen LogP contribution is 2.39. The summed E-state index contributed by atoms with van der Waals surface area (Å²) in [6.45, 7) is 0.835. The van der Waals surface area contributed by atoms with Crippen LogP contribution in [0.2, 0.25) is 0 Å². The average Bonchev–Trinajstić information content (AvgIpc) is 3.11. The molecule has 0 amide bonds. The topological polar surface area (TPSA) is 29.9 Å². The molecule has 1 aliphatic carbocycles. The molecule has 0 saturated heterocycles. The number of anilines is 1. The van der Waals surface area contributed by atoms with Crippen molar-refractivity contribution in [1.82, 2.24) is 9.78 Å². The van der Waals surface area contributed by atoms with Crippen LogP contribution in [0.1, 0.15) is 29.9 Å². The van der Waals surface area contributed by atoms with Crippen LogP contribution in [0.25, 0.3) is 0 Å². The van der Waals surface area contributed by atoms with Crippen molar-refractivity contribution in [3.05, 3.63) is 47.7 Å². The zero-order chi connectivity index (χ0) is 11.7. The Balaban J connectivity index is 1.60. The van der Waals surface area contributed by atoms with Gasteiger partial charge in [0.15, 0.2) is 0 Å². The fourth-order valence-electron chi connectivity index (χ4n) is 2.03. The SMILES string of the molecule is Cn1ccc(NCc2ccc(C3CC3)cc2)n1. The number of aromatic nitrogens is 2. The molecule has 2 aromatic rings. The Morgan fingerprint density at radius 1 is 1.24 bits per heavy atom. The molecule has 1 saturated carbocycles. The molecular formula is C14H17N3. The first kappa shape index (κ1) is 10.4. The second kappa shape index (κ2) is 4.24. The van der Waals surface area contributed by atoms with Crippen molar-refractivity contribution in [1.29, 1.82) is 0 Å². The standard InChI is InChI=1S/C14H17N3/c1-17-9-8-14(16-17)15-10-11-2-4-12(5-3-11)13-6-7-13/h2-5,8-9,13H,6-7,10H2,1H3,(H,15,16). The Labute approximate surface area is 101 Å². The van der Waals surface area contributed by atoms with Crippen LogP contribution >= 0.6 is 0 Å². The molecule has 0 spiro atoms. The van der Waals surface area contributed by atoms with Crippen LogP contribution in [-0.2, 0) is 13.6 Å². The molecule has 3 heteroatoms.